The Morgan fingerprint density at radius 1 is 1.14 bits per heavy atom. The molecule has 118 valence electrons. The maximum absolute atomic E-state index is 5.56. The molecule has 0 amide bonds. The Hall–Kier alpha value is -0.860. The predicted octanol–water partition coefficient (Wildman–Crippen LogP) is 4.28. The number of hydrogen-bond donors (Lipinski definition) is 1. The van der Waals surface area contributed by atoms with Crippen molar-refractivity contribution in [1.29, 1.82) is 0 Å². The van der Waals surface area contributed by atoms with E-state index in [1.165, 1.54) is 36.0 Å². The molecule has 21 heavy (non-hydrogen) atoms. The molecular weight excluding hydrogens is 258 g/mol. The number of ether oxygens (including phenoxy) is 1. The first-order valence-electron chi connectivity index (χ1n) is 8.72. The van der Waals surface area contributed by atoms with Crippen LogP contribution in [0.15, 0.2) is 18.2 Å². The fourth-order valence-electron chi connectivity index (χ4n) is 3.36. The number of hydrogen-bond acceptors (Lipinski definition) is 2. The second-order valence-electron chi connectivity index (χ2n) is 6.12. The summed E-state index contributed by atoms with van der Waals surface area (Å²) in [5.41, 5.74) is 4.50. The summed E-state index contributed by atoms with van der Waals surface area (Å²) in [6, 6.07) is 7.58. The van der Waals surface area contributed by atoms with Gasteiger partial charge in [-0.05, 0) is 61.3 Å². The van der Waals surface area contributed by atoms with Crippen LogP contribution in [0.1, 0.15) is 62.8 Å². The first kappa shape index (κ1) is 16.5. The third kappa shape index (κ3) is 4.31. The zero-order chi connectivity index (χ0) is 15.1. The molecule has 1 aliphatic heterocycles. The van der Waals surface area contributed by atoms with Crippen LogP contribution in [0.4, 0.5) is 0 Å². The Kier molecular flexibility index (Phi) is 6.72. The van der Waals surface area contributed by atoms with Crippen LogP contribution in [-0.4, -0.2) is 19.8 Å². The van der Waals surface area contributed by atoms with Crippen LogP contribution in [0.25, 0.3) is 0 Å². The van der Waals surface area contributed by atoms with Crippen molar-refractivity contribution in [3.63, 3.8) is 0 Å². The molecule has 0 saturated carbocycles. The van der Waals surface area contributed by atoms with Gasteiger partial charge in [0.1, 0.15) is 0 Å². The highest BCUT2D eigenvalue weighted by molar-refractivity contribution is 5.35. The lowest BCUT2D eigenvalue weighted by molar-refractivity contribution is 0.0535. The van der Waals surface area contributed by atoms with Crippen molar-refractivity contribution in [2.75, 3.05) is 19.8 Å². The van der Waals surface area contributed by atoms with E-state index in [2.05, 4.69) is 44.3 Å². The van der Waals surface area contributed by atoms with E-state index in [1.807, 2.05) is 0 Å². The lowest BCUT2D eigenvalue weighted by Gasteiger charge is -2.33. The van der Waals surface area contributed by atoms with Gasteiger partial charge in [0.15, 0.2) is 0 Å². The van der Waals surface area contributed by atoms with E-state index in [0.29, 0.717) is 12.0 Å². The lowest BCUT2D eigenvalue weighted by atomic mass is 9.83. The van der Waals surface area contributed by atoms with Crippen LogP contribution in [0.2, 0.25) is 0 Å². The quantitative estimate of drug-likeness (QED) is 0.809. The second-order valence-corrected chi connectivity index (χ2v) is 6.12. The molecule has 1 fully saturated rings. The minimum Gasteiger partial charge on any atom is -0.381 e. The highest BCUT2D eigenvalue weighted by Gasteiger charge is 2.26. The molecule has 0 aliphatic carbocycles. The largest absolute Gasteiger partial charge is 0.381 e. The fourth-order valence-corrected chi connectivity index (χ4v) is 3.36. The number of aryl methyl sites for hydroxylation is 2. The number of rotatable bonds is 7. The average Bonchev–Trinajstić information content (AvgIpc) is 2.56. The standard InChI is InChI=1S/C19H31NO/c1-4-11-20-19(17-9-12-21-13-10-17)18-14-15(5-2)7-8-16(18)6-3/h7-8,14,17,19-20H,4-6,9-13H2,1-3H3. The maximum Gasteiger partial charge on any atom is 0.0469 e. The third-order valence-electron chi connectivity index (χ3n) is 4.69. The van der Waals surface area contributed by atoms with Crippen LogP contribution < -0.4 is 5.32 Å². The first-order chi connectivity index (χ1) is 10.3. The maximum atomic E-state index is 5.56. The van der Waals surface area contributed by atoms with Gasteiger partial charge in [0.2, 0.25) is 0 Å². The van der Waals surface area contributed by atoms with Gasteiger partial charge in [-0.1, -0.05) is 39.0 Å². The summed E-state index contributed by atoms with van der Waals surface area (Å²) in [4.78, 5) is 0. The van der Waals surface area contributed by atoms with Crippen molar-refractivity contribution >= 4 is 0 Å². The molecule has 1 N–H and O–H groups in total. The monoisotopic (exact) mass is 289 g/mol. The first-order valence-corrected chi connectivity index (χ1v) is 8.72. The van der Waals surface area contributed by atoms with Gasteiger partial charge < -0.3 is 10.1 Å². The minimum absolute atomic E-state index is 0.496. The minimum atomic E-state index is 0.496. The molecule has 2 nitrogen and oxygen atoms in total. The zero-order valence-corrected chi connectivity index (χ0v) is 14.0. The Morgan fingerprint density at radius 3 is 2.52 bits per heavy atom. The normalized spacial score (nSPS) is 17.9. The van der Waals surface area contributed by atoms with E-state index in [9.17, 15) is 0 Å². The summed E-state index contributed by atoms with van der Waals surface area (Å²) in [5.74, 6) is 0.711. The molecule has 2 rings (SSSR count). The second kappa shape index (κ2) is 8.55. The number of nitrogens with one attached hydrogen (secondary N) is 1. The van der Waals surface area contributed by atoms with Crippen molar-refractivity contribution in [2.45, 2.75) is 58.9 Å². The summed E-state index contributed by atoms with van der Waals surface area (Å²) in [6.07, 6.45) is 5.79. The Morgan fingerprint density at radius 2 is 1.90 bits per heavy atom. The Balaban J connectivity index is 2.29. The van der Waals surface area contributed by atoms with E-state index >= 15 is 0 Å². The fraction of sp³-hybridized carbons (Fsp3) is 0.684. The van der Waals surface area contributed by atoms with Gasteiger partial charge in [-0.15, -0.1) is 0 Å². The van der Waals surface area contributed by atoms with Crippen LogP contribution in [0.3, 0.4) is 0 Å². The van der Waals surface area contributed by atoms with Gasteiger partial charge in [-0.2, -0.15) is 0 Å². The van der Waals surface area contributed by atoms with E-state index in [1.54, 1.807) is 0 Å². The smallest absolute Gasteiger partial charge is 0.0469 e. The molecule has 1 aliphatic rings. The van der Waals surface area contributed by atoms with Crippen LogP contribution in [-0.2, 0) is 17.6 Å². The SMILES string of the molecule is CCCNC(c1cc(CC)ccc1CC)C1CCOCC1. The number of benzene rings is 1. The highest BCUT2D eigenvalue weighted by atomic mass is 16.5. The van der Waals surface area contributed by atoms with E-state index in [-0.39, 0.29) is 0 Å². The van der Waals surface area contributed by atoms with Gasteiger partial charge in [-0.3, -0.25) is 0 Å². The molecule has 1 unspecified atom stereocenters. The Bertz CT molecular complexity index is 424. The average molecular weight is 289 g/mol. The summed E-state index contributed by atoms with van der Waals surface area (Å²) >= 11 is 0. The molecule has 1 aromatic carbocycles. The van der Waals surface area contributed by atoms with Gasteiger partial charge in [0, 0.05) is 19.3 Å². The summed E-state index contributed by atoms with van der Waals surface area (Å²) in [5, 5.41) is 3.83. The van der Waals surface area contributed by atoms with E-state index < -0.39 is 0 Å². The predicted molar refractivity (Wildman–Crippen MR) is 89.8 cm³/mol. The van der Waals surface area contributed by atoms with Crippen LogP contribution in [0.5, 0.6) is 0 Å². The lowest BCUT2D eigenvalue weighted by Crippen LogP contribution is -2.33. The molecule has 1 saturated heterocycles. The summed E-state index contributed by atoms with van der Waals surface area (Å²) in [6.45, 7) is 9.70. The van der Waals surface area contributed by atoms with Gasteiger partial charge in [0.25, 0.3) is 0 Å². The van der Waals surface area contributed by atoms with Crippen molar-refractivity contribution in [3.05, 3.63) is 34.9 Å². The zero-order valence-electron chi connectivity index (χ0n) is 14.0. The molecule has 0 spiro atoms. The van der Waals surface area contributed by atoms with Crippen molar-refractivity contribution < 1.29 is 4.74 Å². The van der Waals surface area contributed by atoms with E-state index in [0.717, 1.165) is 32.6 Å². The van der Waals surface area contributed by atoms with Gasteiger partial charge in [0.05, 0.1) is 0 Å². The van der Waals surface area contributed by atoms with E-state index in [4.69, 9.17) is 4.74 Å². The molecule has 1 heterocycles. The summed E-state index contributed by atoms with van der Waals surface area (Å²) in [7, 11) is 0. The molecule has 0 radical (unpaired) electrons. The van der Waals surface area contributed by atoms with Gasteiger partial charge >= 0.3 is 0 Å². The van der Waals surface area contributed by atoms with Crippen molar-refractivity contribution in [3.8, 4) is 0 Å². The molecule has 1 aromatic rings. The van der Waals surface area contributed by atoms with Gasteiger partial charge in [-0.25, -0.2) is 0 Å². The molecular formula is C19H31NO. The Labute approximate surface area is 130 Å². The molecule has 2 heteroatoms. The van der Waals surface area contributed by atoms with Crippen molar-refractivity contribution in [1.82, 2.24) is 5.32 Å². The topological polar surface area (TPSA) is 21.3 Å². The summed E-state index contributed by atoms with van der Waals surface area (Å²) < 4.78 is 5.56. The van der Waals surface area contributed by atoms with Crippen LogP contribution in [0, 0.1) is 5.92 Å². The molecule has 0 aromatic heterocycles. The third-order valence-corrected chi connectivity index (χ3v) is 4.69. The molecule has 0 bridgehead atoms. The van der Waals surface area contributed by atoms with Crippen LogP contribution >= 0.6 is 0 Å². The van der Waals surface area contributed by atoms with Crippen molar-refractivity contribution in [2.24, 2.45) is 5.92 Å². The molecule has 1 atom stereocenters. The highest BCUT2D eigenvalue weighted by Crippen LogP contribution is 2.33.